The third-order valence-electron chi connectivity index (χ3n) is 4.71. The van der Waals surface area contributed by atoms with Gasteiger partial charge in [0.25, 0.3) is 5.91 Å². The van der Waals surface area contributed by atoms with Gasteiger partial charge in [-0.2, -0.15) is 0 Å². The van der Waals surface area contributed by atoms with Crippen molar-refractivity contribution >= 4 is 23.8 Å². The molecule has 0 spiro atoms. The van der Waals surface area contributed by atoms with E-state index in [0.29, 0.717) is 0 Å². The van der Waals surface area contributed by atoms with Crippen LogP contribution in [-0.2, 0) is 20.7 Å². The Kier molecular flexibility index (Phi) is 5.88. The van der Waals surface area contributed by atoms with Crippen molar-refractivity contribution in [2.75, 3.05) is 13.7 Å². The summed E-state index contributed by atoms with van der Waals surface area (Å²) in [7, 11) is 1.71. The first kappa shape index (κ1) is 19.3. The lowest BCUT2D eigenvalue weighted by molar-refractivity contribution is -0.402. The summed E-state index contributed by atoms with van der Waals surface area (Å²) in [5.74, 6) is -1.30. The summed E-state index contributed by atoms with van der Waals surface area (Å²) in [6, 6.07) is 10.6. The number of furan rings is 1. The molecule has 0 bridgehead atoms. The van der Waals surface area contributed by atoms with E-state index in [-0.39, 0.29) is 24.3 Å². The van der Waals surface area contributed by atoms with E-state index in [0.717, 1.165) is 30.9 Å². The second-order valence-electron chi connectivity index (χ2n) is 6.49. The van der Waals surface area contributed by atoms with Gasteiger partial charge >= 0.3 is 11.9 Å². The molecule has 0 saturated heterocycles. The van der Waals surface area contributed by atoms with Gasteiger partial charge in [-0.3, -0.25) is 14.9 Å². The monoisotopic (exact) mass is 384 g/mol. The lowest BCUT2D eigenvalue weighted by Gasteiger charge is -2.33. The molecule has 0 saturated carbocycles. The first-order valence-corrected chi connectivity index (χ1v) is 8.88. The minimum atomic E-state index is -0.732. The van der Waals surface area contributed by atoms with Gasteiger partial charge in [-0.1, -0.05) is 24.3 Å². The molecule has 3 rings (SSSR count). The van der Waals surface area contributed by atoms with Crippen LogP contribution in [0.1, 0.15) is 35.8 Å². The smallest absolute Gasteiger partial charge is 0.433 e. The van der Waals surface area contributed by atoms with Crippen LogP contribution in [0.15, 0.2) is 46.9 Å². The van der Waals surface area contributed by atoms with Crippen LogP contribution in [0.3, 0.4) is 0 Å². The number of carbonyl (C=O) groups excluding carboxylic acids is 2. The molecule has 2 aromatic rings. The molecule has 1 atom stereocenters. The number of esters is 1. The van der Waals surface area contributed by atoms with Gasteiger partial charge in [-0.15, -0.1) is 0 Å². The number of fused-ring (bicyclic) bond motifs is 1. The van der Waals surface area contributed by atoms with Crippen molar-refractivity contribution in [3.8, 4) is 0 Å². The highest BCUT2D eigenvalue weighted by molar-refractivity contribution is 5.89. The van der Waals surface area contributed by atoms with E-state index in [4.69, 9.17) is 9.15 Å². The fourth-order valence-corrected chi connectivity index (χ4v) is 3.27. The molecule has 1 aliphatic rings. The standard InChI is InChI=1S/C20H20N2O6/c1-21(17-8-4-6-14-5-2-3-7-16(14)17)18(23)13-27-20(24)12-10-15-9-11-19(28-15)22(25)26/h2-3,5,7,9-12,17H,4,6,8,13H2,1H3/b12-10+/t17-/m1/s1. The van der Waals surface area contributed by atoms with Crippen molar-refractivity contribution in [3.05, 3.63) is 69.5 Å². The Morgan fingerprint density at radius 3 is 2.86 bits per heavy atom. The fraction of sp³-hybridized carbons (Fsp3) is 0.300. The number of aryl methyl sites for hydroxylation is 1. The van der Waals surface area contributed by atoms with Crippen LogP contribution in [-0.4, -0.2) is 35.4 Å². The zero-order chi connectivity index (χ0) is 20.1. The summed E-state index contributed by atoms with van der Waals surface area (Å²) in [5.41, 5.74) is 2.38. The molecule has 1 amide bonds. The molecule has 0 fully saturated rings. The van der Waals surface area contributed by atoms with Crippen molar-refractivity contribution in [1.82, 2.24) is 4.90 Å². The van der Waals surface area contributed by atoms with Crippen molar-refractivity contribution in [1.29, 1.82) is 0 Å². The molecule has 1 aliphatic carbocycles. The minimum absolute atomic E-state index is 0.0321. The molecule has 146 valence electrons. The number of rotatable bonds is 6. The average molecular weight is 384 g/mol. The SMILES string of the molecule is CN(C(=O)COC(=O)/C=C/c1ccc([N+](=O)[O-])o1)[C@@H]1CCCc2ccccc21. The van der Waals surface area contributed by atoms with Crippen LogP contribution in [0.4, 0.5) is 5.88 Å². The number of amides is 1. The number of hydrogen-bond donors (Lipinski definition) is 0. The number of nitro groups is 1. The van der Waals surface area contributed by atoms with Crippen LogP contribution in [0.25, 0.3) is 6.08 Å². The number of ether oxygens (including phenoxy) is 1. The molecule has 8 nitrogen and oxygen atoms in total. The van der Waals surface area contributed by atoms with Crippen molar-refractivity contribution in [2.24, 2.45) is 0 Å². The Bertz CT molecular complexity index is 917. The van der Waals surface area contributed by atoms with Gasteiger partial charge in [-0.25, -0.2) is 4.79 Å². The van der Waals surface area contributed by atoms with E-state index in [9.17, 15) is 19.7 Å². The molecule has 0 radical (unpaired) electrons. The van der Waals surface area contributed by atoms with E-state index in [1.54, 1.807) is 11.9 Å². The fourth-order valence-electron chi connectivity index (χ4n) is 3.27. The molecule has 0 N–H and O–H groups in total. The Morgan fingerprint density at radius 1 is 1.32 bits per heavy atom. The average Bonchev–Trinajstić information content (AvgIpc) is 3.19. The van der Waals surface area contributed by atoms with Crippen molar-refractivity contribution in [2.45, 2.75) is 25.3 Å². The van der Waals surface area contributed by atoms with Crippen LogP contribution < -0.4 is 0 Å². The van der Waals surface area contributed by atoms with E-state index < -0.39 is 16.8 Å². The molecule has 28 heavy (non-hydrogen) atoms. The zero-order valence-electron chi connectivity index (χ0n) is 15.4. The summed E-state index contributed by atoms with van der Waals surface area (Å²) in [6.45, 7) is -0.378. The van der Waals surface area contributed by atoms with Crippen LogP contribution in [0.2, 0.25) is 0 Å². The highest BCUT2D eigenvalue weighted by Crippen LogP contribution is 2.33. The normalized spacial score (nSPS) is 15.8. The van der Waals surface area contributed by atoms with Gasteiger partial charge < -0.3 is 14.1 Å². The van der Waals surface area contributed by atoms with Gasteiger partial charge in [-0.05, 0) is 42.5 Å². The van der Waals surface area contributed by atoms with Gasteiger partial charge in [0, 0.05) is 13.1 Å². The minimum Gasteiger partial charge on any atom is -0.452 e. The largest absolute Gasteiger partial charge is 0.452 e. The number of carbonyl (C=O) groups is 2. The molecule has 0 unspecified atom stereocenters. The van der Waals surface area contributed by atoms with Gasteiger partial charge in [0.15, 0.2) is 6.61 Å². The Labute approximate surface area is 161 Å². The first-order chi connectivity index (χ1) is 13.5. The van der Waals surface area contributed by atoms with Gasteiger partial charge in [0.1, 0.15) is 10.7 Å². The maximum atomic E-state index is 12.4. The summed E-state index contributed by atoms with van der Waals surface area (Å²) in [6.07, 6.45) is 5.17. The molecular formula is C20H20N2O6. The lowest BCUT2D eigenvalue weighted by Crippen LogP contribution is -2.36. The second-order valence-corrected chi connectivity index (χ2v) is 6.49. The van der Waals surface area contributed by atoms with E-state index in [2.05, 4.69) is 6.07 Å². The van der Waals surface area contributed by atoms with E-state index in [1.165, 1.54) is 23.8 Å². The zero-order valence-corrected chi connectivity index (χ0v) is 15.4. The summed E-state index contributed by atoms with van der Waals surface area (Å²) in [4.78, 5) is 35.7. The molecule has 1 aromatic carbocycles. The molecule has 1 aromatic heterocycles. The number of hydrogen-bond acceptors (Lipinski definition) is 6. The van der Waals surface area contributed by atoms with Gasteiger partial charge in [0.2, 0.25) is 0 Å². The molecule has 8 heteroatoms. The van der Waals surface area contributed by atoms with Gasteiger partial charge in [0.05, 0.1) is 12.1 Å². The highest BCUT2D eigenvalue weighted by Gasteiger charge is 2.26. The molecule has 1 heterocycles. The third-order valence-corrected chi connectivity index (χ3v) is 4.71. The van der Waals surface area contributed by atoms with E-state index >= 15 is 0 Å². The predicted molar refractivity (Wildman–Crippen MR) is 100 cm³/mol. The Morgan fingerprint density at radius 2 is 2.11 bits per heavy atom. The third kappa shape index (κ3) is 4.46. The topological polar surface area (TPSA) is 103 Å². The number of benzene rings is 1. The molecular weight excluding hydrogens is 364 g/mol. The maximum Gasteiger partial charge on any atom is 0.433 e. The predicted octanol–water partition coefficient (Wildman–Crippen LogP) is 3.28. The van der Waals surface area contributed by atoms with Crippen LogP contribution in [0, 0.1) is 10.1 Å². The first-order valence-electron chi connectivity index (χ1n) is 8.88. The summed E-state index contributed by atoms with van der Waals surface area (Å²) in [5, 5.41) is 10.6. The molecule has 0 aliphatic heterocycles. The summed E-state index contributed by atoms with van der Waals surface area (Å²) >= 11 is 0. The number of nitrogens with zero attached hydrogens (tertiary/aromatic N) is 2. The quantitative estimate of drug-likeness (QED) is 0.328. The lowest BCUT2D eigenvalue weighted by atomic mass is 9.87. The van der Waals surface area contributed by atoms with Crippen LogP contribution >= 0.6 is 0 Å². The van der Waals surface area contributed by atoms with Crippen molar-refractivity contribution in [3.63, 3.8) is 0 Å². The highest BCUT2D eigenvalue weighted by atomic mass is 16.6. The van der Waals surface area contributed by atoms with Crippen molar-refractivity contribution < 1.29 is 23.7 Å². The summed E-state index contributed by atoms with van der Waals surface area (Å²) < 4.78 is 9.89. The van der Waals surface area contributed by atoms with E-state index in [1.807, 2.05) is 18.2 Å². The van der Waals surface area contributed by atoms with Crippen LogP contribution in [0.5, 0.6) is 0 Å². The Hall–Kier alpha value is -3.42. The number of likely N-dealkylation sites (N-methyl/N-ethyl adjacent to an activating group) is 1. The Balaban J connectivity index is 1.54. The maximum absolute atomic E-state index is 12.4. The second kappa shape index (κ2) is 8.51.